The quantitative estimate of drug-likeness (QED) is 0.600. The lowest BCUT2D eigenvalue weighted by molar-refractivity contribution is 0.192. The summed E-state index contributed by atoms with van der Waals surface area (Å²) in [5.74, 6) is 0.833. The predicted octanol–water partition coefficient (Wildman–Crippen LogP) is 3.52. The second-order valence-electron chi connectivity index (χ2n) is 6.26. The topological polar surface area (TPSA) is 52.0 Å². The Kier molecular flexibility index (Phi) is 15.7. The van der Waals surface area contributed by atoms with E-state index in [0.29, 0.717) is 0 Å². The van der Waals surface area contributed by atoms with E-state index in [4.69, 9.17) is 4.74 Å². The molecule has 1 aromatic rings. The van der Waals surface area contributed by atoms with Crippen LogP contribution in [0, 0.1) is 5.92 Å². The summed E-state index contributed by atoms with van der Waals surface area (Å²) in [6, 6.07) is 0. The lowest BCUT2D eigenvalue weighted by Gasteiger charge is -2.05. The molecule has 1 aromatic heterocycles. The van der Waals surface area contributed by atoms with Gasteiger partial charge in [0.05, 0.1) is 6.20 Å². The first-order chi connectivity index (χ1) is 10.7. The summed E-state index contributed by atoms with van der Waals surface area (Å²) >= 11 is 0. The highest BCUT2D eigenvalue weighted by Crippen LogP contribution is 1.99. The van der Waals surface area contributed by atoms with E-state index in [2.05, 4.69) is 36.4 Å². The van der Waals surface area contributed by atoms with E-state index in [9.17, 15) is 0 Å². The molecule has 0 saturated carbocycles. The van der Waals surface area contributed by atoms with Gasteiger partial charge in [0, 0.05) is 26.5 Å². The Morgan fingerprint density at radius 2 is 1.64 bits per heavy atom. The molecule has 0 amide bonds. The molecule has 0 saturated heterocycles. The van der Waals surface area contributed by atoms with Crippen molar-refractivity contribution in [1.82, 2.24) is 20.3 Å². The monoisotopic (exact) mass is 312 g/mol. The lowest BCUT2D eigenvalue weighted by atomic mass is 10.2. The smallest absolute Gasteiger partial charge is 0.0692 e. The van der Waals surface area contributed by atoms with Crippen LogP contribution in [0.5, 0.6) is 0 Å². The summed E-state index contributed by atoms with van der Waals surface area (Å²) in [5.41, 5.74) is 0. The standard InChI is InChI=1S/C13H26N4O.C4H10/c1-18-13-7-3-2-4-8-14-9-5-6-11-17-12-10-15-16-17;1-4(2)3/h10,12,14H,2-9,11,13H2,1H3;4H,1-3H3. The first-order valence-electron chi connectivity index (χ1n) is 8.70. The number of hydrogen-bond donors (Lipinski definition) is 1. The molecule has 0 spiro atoms. The molecule has 0 aliphatic heterocycles. The molecular formula is C17H36N4O. The zero-order valence-electron chi connectivity index (χ0n) is 15.1. The average Bonchev–Trinajstić information content (AvgIpc) is 2.97. The van der Waals surface area contributed by atoms with Crippen molar-refractivity contribution in [3.05, 3.63) is 12.4 Å². The zero-order chi connectivity index (χ0) is 16.5. The third kappa shape index (κ3) is 17.1. The molecule has 5 heteroatoms. The minimum absolute atomic E-state index is 0.833. The predicted molar refractivity (Wildman–Crippen MR) is 93.0 cm³/mol. The molecule has 0 unspecified atom stereocenters. The number of nitrogens with one attached hydrogen (secondary N) is 1. The van der Waals surface area contributed by atoms with Crippen molar-refractivity contribution in [2.75, 3.05) is 26.8 Å². The van der Waals surface area contributed by atoms with E-state index in [1.807, 2.05) is 10.9 Å². The third-order valence-electron chi connectivity index (χ3n) is 2.91. The van der Waals surface area contributed by atoms with Gasteiger partial charge in [-0.15, -0.1) is 5.10 Å². The van der Waals surface area contributed by atoms with Crippen LogP contribution in [0.1, 0.15) is 59.3 Å². The molecule has 5 nitrogen and oxygen atoms in total. The maximum atomic E-state index is 5.02. The molecule has 1 rings (SSSR count). The molecule has 0 bridgehead atoms. The summed E-state index contributed by atoms with van der Waals surface area (Å²) in [6.45, 7) is 10.6. The maximum absolute atomic E-state index is 5.02. The summed E-state index contributed by atoms with van der Waals surface area (Å²) in [5, 5.41) is 11.2. The van der Waals surface area contributed by atoms with Gasteiger partial charge in [0.1, 0.15) is 0 Å². The summed E-state index contributed by atoms with van der Waals surface area (Å²) in [4.78, 5) is 0. The van der Waals surface area contributed by atoms with Crippen LogP contribution in [0.15, 0.2) is 12.4 Å². The number of rotatable bonds is 12. The molecule has 0 aliphatic rings. The van der Waals surface area contributed by atoms with E-state index in [0.717, 1.165) is 38.6 Å². The summed E-state index contributed by atoms with van der Waals surface area (Å²) < 4.78 is 6.90. The number of unbranched alkanes of at least 4 members (excludes halogenated alkanes) is 4. The van der Waals surface area contributed by atoms with Crippen LogP contribution < -0.4 is 5.32 Å². The molecule has 1 heterocycles. The summed E-state index contributed by atoms with van der Waals surface area (Å²) in [7, 11) is 1.76. The second-order valence-corrected chi connectivity index (χ2v) is 6.26. The van der Waals surface area contributed by atoms with Gasteiger partial charge in [-0.3, -0.25) is 4.68 Å². The number of methoxy groups -OCH3 is 1. The van der Waals surface area contributed by atoms with Crippen molar-refractivity contribution >= 4 is 0 Å². The first kappa shape index (κ1) is 21.1. The van der Waals surface area contributed by atoms with Gasteiger partial charge in [-0.05, 0) is 44.7 Å². The molecule has 0 atom stereocenters. The highest BCUT2D eigenvalue weighted by atomic mass is 16.5. The number of hydrogen-bond acceptors (Lipinski definition) is 4. The fourth-order valence-electron chi connectivity index (χ4n) is 1.85. The fraction of sp³-hybridized carbons (Fsp3) is 0.882. The largest absolute Gasteiger partial charge is 0.385 e. The Labute approximate surface area is 136 Å². The van der Waals surface area contributed by atoms with E-state index in [1.54, 1.807) is 13.3 Å². The van der Waals surface area contributed by atoms with E-state index >= 15 is 0 Å². The van der Waals surface area contributed by atoms with Crippen LogP contribution in [0.25, 0.3) is 0 Å². The number of ether oxygens (including phenoxy) is 1. The molecule has 130 valence electrons. The highest BCUT2D eigenvalue weighted by molar-refractivity contribution is 4.63. The van der Waals surface area contributed by atoms with Gasteiger partial charge < -0.3 is 10.1 Å². The summed E-state index contributed by atoms with van der Waals surface area (Å²) in [6.07, 6.45) is 11.0. The van der Waals surface area contributed by atoms with Gasteiger partial charge in [-0.2, -0.15) is 0 Å². The van der Waals surface area contributed by atoms with Crippen LogP contribution in [-0.2, 0) is 11.3 Å². The van der Waals surface area contributed by atoms with Crippen LogP contribution >= 0.6 is 0 Å². The van der Waals surface area contributed by atoms with Crippen LogP contribution in [0.2, 0.25) is 0 Å². The van der Waals surface area contributed by atoms with Gasteiger partial charge in [0.15, 0.2) is 0 Å². The van der Waals surface area contributed by atoms with Crippen molar-refractivity contribution < 1.29 is 4.74 Å². The second kappa shape index (κ2) is 16.4. The molecular weight excluding hydrogens is 276 g/mol. The fourth-order valence-corrected chi connectivity index (χ4v) is 1.85. The van der Waals surface area contributed by atoms with Gasteiger partial charge in [0.25, 0.3) is 0 Å². The van der Waals surface area contributed by atoms with E-state index < -0.39 is 0 Å². The van der Waals surface area contributed by atoms with Crippen molar-refractivity contribution in [2.24, 2.45) is 5.92 Å². The molecule has 0 fully saturated rings. The molecule has 0 radical (unpaired) electrons. The highest BCUT2D eigenvalue weighted by Gasteiger charge is 1.93. The van der Waals surface area contributed by atoms with Crippen molar-refractivity contribution in [2.45, 2.75) is 65.8 Å². The van der Waals surface area contributed by atoms with Gasteiger partial charge in [0.2, 0.25) is 0 Å². The number of aryl methyl sites for hydroxylation is 1. The number of nitrogens with zero attached hydrogens (tertiary/aromatic N) is 3. The van der Waals surface area contributed by atoms with E-state index in [1.165, 1.54) is 32.1 Å². The molecule has 1 N–H and O–H groups in total. The SMILES string of the molecule is CC(C)C.COCCCCCCNCCCCn1ccnn1. The van der Waals surface area contributed by atoms with Crippen molar-refractivity contribution in [1.29, 1.82) is 0 Å². The van der Waals surface area contributed by atoms with Crippen molar-refractivity contribution in [3.63, 3.8) is 0 Å². The molecule has 22 heavy (non-hydrogen) atoms. The van der Waals surface area contributed by atoms with E-state index in [-0.39, 0.29) is 0 Å². The van der Waals surface area contributed by atoms with Crippen molar-refractivity contribution in [3.8, 4) is 0 Å². The minimum atomic E-state index is 0.833. The molecule has 0 aromatic carbocycles. The first-order valence-corrected chi connectivity index (χ1v) is 8.70. The minimum Gasteiger partial charge on any atom is -0.385 e. The normalized spacial score (nSPS) is 10.6. The zero-order valence-corrected chi connectivity index (χ0v) is 15.1. The van der Waals surface area contributed by atoms with Gasteiger partial charge >= 0.3 is 0 Å². The Hall–Kier alpha value is -0.940. The Morgan fingerprint density at radius 1 is 1.00 bits per heavy atom. The Balaban J connectivity index is 0.000000980. The Morgan fingerprint density at radius 3 is 2.23 bits per heavy atom. The number of aromatic nitrogens is 3. The maximum Gasteiger partial charge on any atom is 0.0692 e. The van der Waals surface area contributed by atoms with Crippen LogP contribution in [0.4, 0.5) is 0 Å². The van der Waals surface area contributed by atoms with Crippen LogP contribution in [-0.4, -0.2) is 41.8 Å². The third-order valence-corrected chi connectivity index (χ3v) is 2.91. The Bertz CT molecular complexity index is 299. The van der Waals surface area contributed by atoms with Gasteiger partial charge in [-0.25, -0.2) is 0 Å². The van der Waals surface area contributed by atoms with Gasteiger partial charge in [-0.1, -0.05) is 38.8 Å². The average molecular weight is 313 g/mol. The van der Waals surface area contributed by atoms with Crippen LogP contribution in [0.3, 0.4) is 0 Å². The molecule has 0 aliphatic carbocycles. The lowest BCUT2D eigenvalue weighted by Crippen LogP contribution is -2.17.